The molecule has 3 rings (SSSR count). The lowest BCUT2D eigenvalue weighted by atomic mass is 10.0. The Labute approximate surface area is 133 Å². The molecule has 0 aliphatic heterocycles. The summed E-state index contributed by atoms with van der Waals surface area (Å²) in [7, 11) is 1.35. The van der Waals surface area contributed by atoms with E-state index in [4.69, 9.17) is 9.15 Å². The molecule has 0 saturated heterocycles. The predicted octanol–water partition coefficient (Wildman–Crippen LogP) is 3.77. The highest BCUT2D eigenvalue weighted by Crippen LogP contribution is 2.29. The molecule has 0 aliphatic rings. The molecule has 2 aromatic carbocycles. The molecule has 1 aromatic heterocycles. The maximum atomic E-state index is 12.7. The van der Waals surface area contributed by atoms with Gasteiger partial charge in [-0.2, -0.15) is 0 Å². The van der Waals surface area contributed by atoms with Crippen LogP contribution in [0.5, 0.6) is 0 Å². The largest absolute Gasteiger partial charge is 0.469 e. The van der Waals surface area contributed by atoms with Gasteiger partial charge in [0.25, 0.3) is 0 Å². The van der Waals surface area contributed by atoms with Gasteiger partial charge in [0.2, 0.25) is 5.78 Å². The summed E-state index contributed by atoms with van der Waals surface area (Å²) < 4.78 is 10.5. The van der Waals surface area contributed by atoms with Crippen molar-refractivity contribution in [1.82, 2.24) is 0 Å². The van der Waals surface area contributed by atoms with Crippen LogP contribution >= 0.6 is 0 Å². The normalized spacial score (nSPS) is 10.7. The third-order valence-corrected chi connectivity index (χ3v) is 3.75. The van der Waals surface area contributed by atoms with Gasteiger partial charge in [0.05, 0.1) is 7.11 Å². The lowest BCUT2D eigenvalue weighted by Gasteiger charge is -2.03. The minimum Gasteiger partial charge on any atom is -0.469 e. The zero-order valence-electron chi connectivity index (χ0n) is 12.7. The van der Waals surface area contributed by atoms with Gasteiger partial charge in [0.1, 0.15) is 5.58 Å². The van der Waals surface area contributed by atoms with Crippen molar-refractivity contribution >= 4 is 22.7 Å². The average Bonchev–Trinajstić information content (AvgIpc) is 2.98. The first-order chi connectivity index (χ1) is 11.2. The van der Waals surface area contributed by atoms with Crippen LogP contribution in [-0.4, -0.2) is 18.9 Å². The Hall–Kier alpha value is -2.88. The smallest absolute Gasteiger partial charge is 0.305 e. The molecule has 0 bridgehead atoms. The lowest BCUT2D eigenvalue weighted by Crippen LogP contribution is -2.06. The van der Waals surface area contributed by atoms with Gasteiger partial charge in [-0.05, 0) is 12.5 Å². The number of esters is 1. The van der Waals surface area contributed by atoms with E-state index in [1.807, 2.05) is 42.5 Å². The number of ether oxygens (including phenoxy) is 1. The van der Waals surface area contributed by atoms with Gasteiger partial charge in [-0.1, -0.05) is 48.5 Å². The van der Waals surface area contributed by atoms with Gasteiger partial charge in [0, 0.05) is 22.9 Å². The van der Waals surface area contributed by atoms with E-state index in [1.165, 1.54) is 7.11 Å². The van der Waals surface area contributed by atoms with E-state index in [1.54, 1.807) is 12.1 Å². The Morgan fingerprint density at radius 2 is 1.70 bits per heavy atom. The molecule has 0 aliphatic carbocycles. The van der Waals surface area contributed by atoms with Gasteiger partial charge in [-0.15, -0.1) is 0 Å². The van der Waals surface area contributed by atoms with Gasteiger partial charge in [-0.25, -0.2) is 0 Å². The summed E-state index contributed by atoms with van der Waals surface area (Å²) in [5, 5.41) is 0.857. The van der Waals surface area contributed by atoms with Crippen LogP contribution in [0.25, 0.3) is 11.0 Å². The fraction of sp³-hybridized carbons (Fsp3) is 0.158. The number of rotatable bonds is 5. The van der Waals surface area contributed by atoms with Crippen LogP contribution in [0.2, 0.25) is 0 Å². The second kappa shape index (κ2) is 6.48. The lowest BCUT2D eigenvalue weighted by molar-refractivity contribution is -0.140. The van der Waals surface area contributed by atoms with Crippen molar-refractivity contribution in [3.8, 4) is 0 Å². The first-order valence-corrected chi connectivity index (χ1v) is 7.37. The number of furan rings is 1. The number of para-hydroxylation sites is 1. The number of aryl methyl sites for hydroxylation is 1. The number of hydrogen-bond acceptors (Lipinski definition) is 4. The van der Waals surface area contributed by atoms with E-state index in [0.717, 1.165) is 10.9 Å². The summed E-state index contributed by atoms with van der Waals surface area (Å²) in [4.78, 5) is 24.2. The monoisotopic (exact) mass is 308 g/mol. The molecule has 0 amide bonds. The van der Waals surface area contributed by atoms with Crippen LogP contribution in [0, 0.1) is 0 Å². The van der Waals surface area contributed by atoms with Gasteiger partial charge >= 0.3 is 5.97 Å². The second-order valence-corrected chi connectivity index (χ2v) is 5.18. The molecule has 4 heteroatoms. The van der Waals surface area contributed by atoms with E-state index in [-0.39, 0.29) is 18.2 Å². The number of carbonyl (C=O) groups excluding carboxylic acids is 2. The second-order valence-electron chi connectivity index (χ2n) is 5.18. The van der Waals surface area contributed by atoms with Crippen LogP contribution in [0.3, 0.4) is 0 Å². The highest BCUT2D eigenvalue weighted by atomic mass is 16.5. The minimum atomic E-state index is -0.312. The van der Waals surface area contributed by atoms with Crippen molar-refractivity contribution in [2.45, 2.75) is 12.8 Å². The Morgan fingerprint density at radius 3 is 2.43 bits per heavy atom. The van der Waals surface area contributed by atoms with Crippen molar-refractivity contribution in [2.75, 3.05) is 7.11 Å². The highest BCUT2D eigenvalue weighted by Gasteiger charge is 2.22. The van der Waals surface area contributed by atoms with E-state index < -0.39 is 0 Å². The molecule has 116 valence electrons. The van der Waals surface area contributed by atoms with Crippen LogP contribution in [0.15, 0.2) is 59.0 Å². The number of hydrogen-bond donors (Lipinski definition) is 0. The molecule has 4 nitrogen and oxygen atoms in total. The third kappa shape index (κ3) is 3.01. The molecule has 0 saturated carbocycles. The molecular formula is C19H16O4. The number of carbonyl (C=O) groups is 2. The number of fused-ring (bicyclic) bond motifs is 1. The van der Waals surface area contributed by atoms with Crippen LogP contribution in [-0.2, 0) is 16.0 Å². The summed E-state index contributed by atoms with van der Waals surface area (Å²) in [5.41, 5.74) is 1.96. The summed E-state index contributed by atoms with van der Waals surface area (Å²) in [6.07, 6.45) is 0.604. The van der Waals surface area contributed by atoms with E-state index in [2.05, 4.69) is 0 Å². The summed E-state index contributed by atoms with van der Waals surface area (Å²) >= 11 is 0. The number of methoxy groups -OCH3 is 1. The quantitative estimate of drug-likeness (QED) is 0.532. The molecule has 0 radical (unpaired) electrons. The van der Waals surface area contributed by atoms with Crippen molar-refractivity contribution in [3.63, 3.8) is 0 Å². The molecule has 1 heterocycles. The Bertz CT molecular complexity index is 846. The summed E-state index contributed by atoms with van der Waals surface area (Å²) in [5.74, 6) is -0.198. The molecule has 0 atom stereocenters. The molecule has 0 unspecified atom stereocenters. The fourth-order valence-electron chi connectivity index (χ4n) is 2.58. The molecule has 0 N–H and O–H groups in total. The maximum Gasteiger partial charge on any atom is 0.305 e. The Morgan fingerprint density at radius 1 is 1.00 bits per heavy atom. The minimum absolute atomic E-state index is 0.179. The number of ketones is 1. The fourth-order valence-corrected chi connectivity index (χ4v) is 2.58. The molecule has 3 aromatic rings. The van der Waals surface area contributed by atoms with Crippen LogP contribution in [0.1, 0.15) is 28.1 Å². The van der Waals surface area contributed by atoms with E-state index in [0.29, 0.717) is 23.3 Å². The van der Waals surface area contributed by atoms with E-state index >= 15 is 0 Å². The number of benzene rings is 2. The third-order valence-electron chi connectivity index (χ3n) is 3.75. The van der Waals surface area contributed by atoms with Gasteiger partial charge in [0.15, 0.2) is 5.76 Å². The molecular weight excluding hydrogens is 292 g/mol. The van der Waals surface area contributed by atoms with Crippen molar-refractivity contribution in [2.24, 2.45) is 0 Å². The van der Waals surface area contributed by atoms with Crippen LogP contribution < -0.4 is 0 Å². The predicted molar refractivity (Wildman–Crippen MR) is 86.4 cm³/mol. The first-order valence-electron chi connectivity index (χ1n) is 7.37. The average molecular weight is 308 g/mol. The highest BCUT2D eigenvalue weighted by molar-refractivity contribution is 6.10. The molecule has 0 spiro atoms. The Kier molecular flexibility index (Phi) is 4.24. The first kappa shape index (κ1) is 15.0. The summed E-state index contributed by atoms with van der Waals surface area (Å²) in [6.45, 7) is 0. The standard InChI is InChI=1S/C19H16O4/c1-22-17(20)12-11-15-14-9-5-6-10-16(14)23-19(15)18(21)13-7-3-2-4-8-13/h2-10H,11-12H2,1H3. The Balaban J connectivity index is 2.05. The topological polar surface area (TPSA) is 56.5 Å². The van der Waals surface area contributed by atoms with Gasteiger partial charge < -0.3 is 9.15 Å². The zero-order chi connectivity index (χ0) is 16.2. The van der Waals surface area contributed by atoms with Crippen molar-refractivity contribution in [1.29, 1.82) is 0 Å². The van der Waals surface area contributed by atoms with Gasteiger partial charge in [-0.3, -0.25) is 9.59 Å². The van der Waals surface area contributed by atoms with E-state index in [9.17, 15) is 9.59 Å². The maximum absolute atomic E-state index is 12.7. The van der Waals surface area contributed by atoms with Crippen molar-refractivity contribution < 1.29 is 18.7 Å². The summed E-state index contributed by atoms with van der Waals surface area (Å²) in [6, 6.07) is 16.4. The molecule has 0 fully saturated rings. The van der Waals surface area contributed by atoms with Crippen LogP contribution in [0.4, 0.5) is 0 Å². The SMILES string of the molecule is COC(=O)CCc1c(C(=O)c2ccccc2)oc2ccccc12. The zero-order valence-corrected chi connectivity index (χ0v) is 12.7. The van der Waals surface area contributed by atoms with Crippen molar-refractivity contribution in [3.05, 3.63) is 71.5 Å². The molecule has 23 heavy (non-hydrogen) atoms.